The van der Waals surface area contributed by atoms with E-state index >= 15 is 0 Å². The Hall–Kier alpha value is -0.0800. The van der Waals surface area contributed by atoms with Crippen molar-refractivity contribution in [3.05, 3.63) is 0 Å². The van der Waals surface area contributed by atoms with Gasteiger partial charge in [0.05, 0.1) is 0 Å². The Bertz CT molecular complexity index is 123. The second-order valence-electron chi connectivity index (χ2n) is 4.10. The fraction of sp³-hybridized carbons (Fsp3) is 1.00. The van der Waals surface area contributed by atoms with Gasteiger partial charge in [0.2, 0.25) is 0 Å². The van der Waals surface area contributed by atoms with Crippen molar-refractivity contribution in [3.8, 4) is 0 Å². The van der Waals surface area contributed by atoms with Crippen LogP contribution in [0.4, 0.5) is 0 Å². The lowest BCUT2D eigenvalue weighted by Crippen LogP contribution is -2.40. The summed E-state index contributed by atoms with van der Waals surface area (Å²) in [5, 5.41) is 3.44. The molecule has 0 amide bonds. The minimum Gasteiger partial charge on any atom is -0.317 e. The van der Waals surface area contributed by atoms with Crippen LogP contribution in [0, 0.1) is 11.8 Å². The maximum atomic E-state index is 3.44. The van der Waals surface area contributed by atoms with E-state index in [2.05, 4.69) is 31.1 Å². The SMILES string of the molecule is CCNCC1CCN(C)CC1C. The standard InChI is InChI=1S/C10H22N2/c1-4-11-7-10-5-6-12(3)8-9(10)2/h9-11H,4-8H2,1-3H3. The molecule has 12 heavy (non-hydrogen) atoms. The van der Waals surface area contributed by atoms with Crippen molar-refractivity contribution in [3.63, 3.8) is 0 Å². The lowest BCUT2D eigenvalue weighted by molar-refractivity contribution is 0.153. The number of rotatable bonds is 3. The van der Waals surface area contributed by atoms with Crippen LogP contribution in [0.2, 0.25) is 0 Å². The van der Waals surface area contributed by atoms with E-state index in [4.69, 9.17) is 0 Å². The first-order valence-corrected chi connectivity index (χ1v) is 5.13. The molecule has 2 nitrogen and oxygen atoms in total. The van der Waals surface area contributed by atoms with Gasteiger partial charge in [-0.25, -0.2) is 0 Å². The molecular weight excluding hydrogens is 148 g/mol. The fourth-order valence-electron chi connectivity index (χ4n) is 2.04. The number of nitrogens with one attached hydrogen (secondary N) is 1. The van der Waals surface area contributed by atoms with Crippen molar-refractivity contribution in [2.45, 2.75) is 20.3 Å². The molecule has 1 rings (SSSR count). The monoisotopic (exact) mass is 170 g/mol. The first-order valence-electron chi connectivity index (χ1n) is 5.13. The molecule has 0 aliphatic carbocycles. The van der Waals surface area contributed by atoms with E-state index in [0.717, 1.165) is 18.4 Å². The summed E-state index contributed by atoms with van der Waals surface area (Å²) < 4.78 is 0. The summed E-state index contributed by atoms with van der Waals surface area (Å²) >= 11 is 0. The normalized spacial score (nSPS) is 32.2. The van der Waals surface area contributed by atoms with Crippen LogP contribution in [0.1, 0.15) is 20.3 Å². The highest BCUT2D eigenvalue weighted by Gasteiger charge is 2.23. The van der Waals surface area contributed by atoms with Crippen LogP contribution in [0.5, 0.6) is 0 Å². The minimum absolute atomic E-state index is 0.864. The van der Waals surface area contributed by atoms with E-state index in [1.165, 1.54) is 26.1 Å². The van der Waals surface area contributed by atoms with Gasteiger partial charge in [-0.3, -0.25) is 0 Å². The molecule has 0 spiro atoms. The van der Waals surface area contributed by atoms with Gasteiger partial charge < -0.3 is 10.2 Å². The van der Waals surface area contributed by atoms with E-state index in [0.29, 0.717) is 0 Å². The summed E-state index contributed by atoms with van der Waals surface area (Å²) in [4.78, 5) is 2.44. The van der Waals surface area contributed by atoms with Crippen LogP contribution in [0.3, 0.4) is 0 Å². The molecular formula is C10H22N2. The summed E-state index contributed by atoms with van der Waals surface area (Å²) in [7, 11) is 2.22. The van der Waals surface area contributed by atoms with E-state index in [9.17, 15) is 0 Å². The number of piperidine rings is 1. The number of nitrogens with zero attached hydrogens (tertiary/aromatic N) is 1. The van der Waals surface area contributed by atoms with Gasteiger partial charge in [0.1, 0.15) is 0 Å². The molecule has 2 atom stereocenters. The summed E-state index contributed by atoms with van der Waals surface area (Å²) in [6, 6.07) is 0. The molecule has 0 aromatic carbocycles. The summed E-state index contributed by atoms with van der Waals surface area (Å²) in [5.41, 5.74) is 0. The van der Waals surface area contributed by atoms with E-state index in [1.807, 2.05) is 0 Å². The molecule has 1 aliphatic rings. The highest BCUT2D eigenvalue weighted by atomic mass is 15.1. The third-order valence-corrected chi connectivity index (χ3v) is 2.94. The van der Waals surface area contributed by atoms with Gasteiger partial charge >= 0.3 is 0 Å². The Labute approximate surface area is 76.3 Å². The van der Waals surface area contributed by atoms with Crippen LogP contribution in [-0.2, 0) is 0 Å². The highest BCUT2D eigenvalue weighted by Crippen LogP contribution is 2.21. The third-order valence-electron chi connectivity index (χ3n) is 2.94. The molecule has 1 N–H and O–H groups in total. The highest BCUT2D eigenvalue weighted by molar-refractivity contribution is 4.77. The Morgan fingerprint density at radius 3 is 2.83 bits per heavy atom. The molecule has 0 saturated carbocycles. The number of likely N-dealkylation sites (tertiary alicyclic amines) is 1. The Morgan fingerprint density at radius 1 is 1.50 bits per heavy atom. The molecule has 1 saturated heterocycles. The van der Waals surface area contributed by atoms with Crippen molar-refractivity contribution >= 4 is 0 Å². The van der Waals surface area contributed by atoms with Gasteiger partial charge in [0.15, 0.2) is 0 Å². The van der Waals surface area contributed by atoms with Gasteiger partial charge in [-0.05, 0) is 44.9 Å². The van der Waals surface area contributed by atoms with Crippen LogP contribution < -0.4 is 5.32 Å². The van der Waals surface area contributed by atoms with Gasteiger partial charge in [-0.1, -0.05) is 13.8 Å². The predicted molar refractivity (Wildman–Crippen MR) is 53.3 cm³/mol. The van der Waals surface area contributed by atoms with Crippen LogP contribution >= 0.6 is 0 Å². The lowest BCUT2D eigenvalue weighted by atomic mass is 9.87. The average Bonchev–Trinajstić information content (AvgIpc) is 2.03. The summed E-state index contributed by atoms with van der Waals surface area (Å²) in [6.45, 7) is 9.43. The smallest absolute Gasteiger partial charge is 0.000710 e. The number of hydrogen-bond acceptors (Lipinski definition) is 2. The van der Waals surface area contributed by atoms with Crippen molar-refractivity contribution in [2.75, 3.05) is 33.2 Å². The second kappa shape index (κ2) is 4.83. The molecule has 0 aromatic rings. The number of hydrogen-bond donors (Lipinski definition) is 1. The maximum Gasteiger partial charge on any atom is 0.000710 e. The van der Waals surface area contributed by atoms with E-state index in [1.54, 1.807) is 0 Å². The van der Waals surface area contributed by atoms with Gasteiger partial charge in [0.25, 0.3) is 0 Å². The van der Waals surface area contributed by atoms with E-state index in [-0.39, 0.29) is 0 Å². The quantitative estimate of drug-likeness (QED) is 0.684. The Kier molecular flexibility index (Phi) is 4.02. The lowest BCUT2D eigenvalue weighted by Gasteiger charge is -2.34. The summed E-state index contributed by atoms with van der Waals surface area (Å²) in [6.07, 6.45) is 1.37. The fourth-order valence-corrected chi connectivity index (χ4v) is 2.04. The molecule has 0 aromatic heterocycles. The van der Waals surface area contributed by atoms with Crippen molar-refractivity contribution in [2.24, 2.45) is 11.8 Å². The van der Waals surface area contributed by atoms with Gasteiger partial charge in [-0.15, -0.1) is 0 Å². The van der Waals surface area contributed by atoms with Crippen LogP contribution in [0.25, 0.3) is 0 Å². The molecule has 72 valence electrons. The van der Waals surface area contributed by atoms with Gasteiger partial charge in [0, 0.05) is 6.54 Å². The zero-order valence-corrected chi connectivity index (χ0v) is 8.64. The molecule has 0 bridgehead atoms. The van der Waals surface area contributed by atoms with Gasteiger partial charge in [-0.2, -0.15) is 0 Å². The van der Waals surface area contributed by atoms with Crippen molar-refractivity contribution in [1.29, 1.82) is 0 Å². The molecule has 0 radical (unpaired) electrons. The Morgan fingerprint density at radius 2 is 2.25 bits per heavy atom. The molecule has 1 fully saturated rings. The topological polar surface area (TPSA) is 15.3 Å². The first kappa shape index (κ1) is 10.0. The van der Waals surface area contributed by atoms with Crippen LogP contribution in [-0.4, -0.2) is 38.1 Å². The van der Waals surface area contributed by atoms with Crippen LogP contribution in [0.15, 0.2) is 0 Å². The third kappa shape index (κ3) is 2.76. The Balaban J connectivity index is 2.25. The average molecular weight is 170 g/mol. The zero-order valence-electron chi connectivity index (χ0n) is 8.64. The van der Waals surface area contributed by atoms with Crippen molar-refractivity contribution < 1.29 is 0 Å². The molecule has 1 aliphatic heterocycles. The maximum absolute atomic E-state index is 3.44. The molecule has 2 heteroatoms. The first-order chi connectivity index (χ1) is 5.74. The predicted octanol–water partition coefficient (Wildman–Crippen LogP) is 1.18. The van der Waals surface area contributed by atoms with Crippen molar-refractivity contribution in [1.82, 2.24) is 10.2 Å². The largest absolute Gasteiger partial charge is 0.317 e. The van der Waals surface area contributed by atoms with E-state index < -0.39 is 0 Å². The second-order valence-corrected chi connectivity index (χ2v) is 4.10. The summed E-state index contributed by atoms with van der Waals surface area (Å²) in [5.74, 6) is 1.77. The zero-order chi connectivity index (χ0) is 8.97. The molecule has 2 unspecified atom stereocenters. The molecule has 1 heterocycles. The minimum atomic E-state index is 0.864.